The maximum absolute atomic E-state index is 14.0. The monoisotopic (exact) mass is 344 g/mol. The molecule has 0 saturated heterocycles. The fourth-order valence-electron chi connectivity index (χ4n) is 2.36. The van der Waals surface area contributed by atoms with Gasteiger partial charge in [0.2, 0.25) is 0 Å². The predicted octanol–water partition coefficient (Wildman–Crippen LogP) is 2.91. The van der Waals surface area contributed by atoms with Crippen molar-refractivity contribution >= 4 is 23.7 Å². The molecule has 0 aromatic heterocycles. The van der Waals surface area contributed by atoms with Crippen molar-refractivity contribution in [2.75, 3.05) is 12.8 Å². The maximum atomic E-state index is 14.0. The summed E-state index contributed by atoms with van der Waals surface area (Å²) in [5.74, 6) is 1.10. The van der Waals surface area contributed by atoms with E-state index in [1.165, 1.54) is 0 Å². The van der Waals surface area contributed by atoms with Crippen molar-refractivity contribution < 1.29 is 18.5 Å². The molecule has 5 heteroatoms. The molecule has 0 amide bonds. The molecular weight excluding hydrogens is 326 g/mol. The Hall–Kier alpha value is -2.37. The van der Waals surface area contributed by atoms with Gasteiger partial charge in [-0.25, -0.2) is 9.18 Å². The Bertz CT molecular complexity index is 710. The number of hydrogen-bond donors (Lipinski definition) is 0. The predicted molar refractivity (Wildman–Crippen MR) is 93.9 cm³/mol. The zero-order valence-electron chi connectivity index (χ0n) is 13.1. The highest BCUT2D eigenvalue weighted by Gasteiger charge is 2.30. The van der Waals surface area contributed by atoms with Gasteiger partial charge < -0.3 is 9.30 Å². The number of terminal acetylenes is 1. The molecule has 0 aliphatic rings. The van der Waals surface area contributed by atoms with E-state index in [0.29, 0.717) is 10.6 Å². The SMILES string of the molecule is C#CCOC(=O)C(F)CCP(=O)(c1ccccc1)c1ccccc1. The Labute approximate surface area is 141 Å². The Balaban J connectivity index is 2.21. The van der Waals surface area contributed by atoms with Gasteiger partial charge in [0.25, 0.3) is 0 Å². The highest BCUT2D eigenvalue weighted by Crippen LogP contribution is 2.44. The average Bonchev–Trinajstić information content (AvgIpc) is 2.65. The third kappa shape index (κ3) is 4.34. The van der Waals surface area contributed by atoms with E-state index < -0.39 is 19.3 Å². The van der Waals surface area contributed by atoms with E-state index in [1.807, 2.05) is 12.1 Å². The van der Waals surface area contributed by atoms with Crippen molar-refractivity contribution in [3.8, 4) is 12.3 Å². The van der Waals surface area contributed by atoms with E-state index in [4.69, 9.17) is 6.42 Å². The van der Waals surface area contributed by atoms with Gasteiger partial charge in [0.05, 0.1) is 0 Å². The van der Waals surface area contributed by atoms with Crippen LogP contribution >= 0.6 is 7.14 Å². The number of hydrogen-bond acceptors (Lipinski definition) is 3. The molecule has 0 bridgehead atoms. The molecule has 2 aromatic rings. The van der Waals surface area contributed by atoms with Gasteiger partial charge in [0.1, 0.15) is 7.14 Å². The number of carbonyl (C=O) groups excluding carboxylic acids is 1. The van der Waals surface area contributed by atoms with Gasteiger partial charge in [0, 0.05) is 16.8 Å². The molecule has 0 aliphatic heterocycles. The van der Waals surface area contributed by atoms with Gasteiger partial charge >= 0.3 is 5.97 Å². The summed E-state index contributed by atoms with van der Waals surface area (Å²) in [5, 5.41) is 1.28. The van der Waals surface area contributed by atoms with Crippen LogP contribution in [0, 0.1) is 12.3 Å². The molecule has 2 aromatic carbocycles. The zero-order chi connectivity index (χ0) is 17.4. The molecule has 1 atom stereocenters. The van der Waals surface area contributed by atoms with Crippen LogP contribution in [0.1, 0.15) is 6.42 Å². The van der Waals surface area contributed by atoms with Crippen LogP contribution < -0.4 is 10.6 Å². The van der Waals surface area contributed by atoms with E-state index in [9.17, 15) is 13.8 Å². The molecule has 0 N–H and O–H groups in total. The Morgan fingerprint density at radius 2 is 1.58 bits per heavy atom. The molecule has 1 unspecified atom stereocenters. The summed E-state index contributed by atoms with van der Waals surface area (Å²) >= 11 is 0. The minimum atomic E-state index is -3.03. The fourth-order valence-corrected chi connectivity index (χ4v) is 5.07. The van der Waals surface area contributed by atoms with Crippen LogP contribution in [0.3, 0.4) is 0 Å². The first-order valence-corrected chi connectivity index (χ1v) is 9.41. The second kappa shape index (κ2) is 8.47. The van der Waals surface area contributed by atoms with Gasteiger partial charge in [-0.2, -0.15) is 0 Å². The van der Waals surface area contributed by atoms with Crippen molar-refractivity contribution in [3.05, 3.63) is 60.7 Å². The van der Waals surface area contributed by atoms with Crippen LogP contribution in [-0.2, 0) is 14.1 Å². The summed E-state index contributed by atoms with van der Waals surface area (Å²) in [5.41, 5.74) is 0. The Morgan fingerprint density at radius 3 is 2.04 bits per heavy atom. The van der Waals surface area contributed by atoms with Crippen LogP contribution in [0.4, 0.5) is 4.39 Å². The number of esters is 1. The third-order valence-corrected chi connectivity index (χ3v) is 6.75. The second-order valence-electron chi connectivity index (χ2n) is 5.20. The topological polar surface area (TPSA) is 43.4 Å². The summed E-state index contributed by atoms with van der Waals surface area (Å²) in [6.45, 7) is -0.270. The van der Waals surface area contributed by atoms with E-state index in [1.54, 1.807) is 48.5 Å². The standard InChI is InChI=1S/C19H18FO3P/c1-2-14-23-19(21)18(20)13-15-24(22,16-9-5-3-6-10-16)17-11-7-4-8-12-17/h1,3-12,18H,13-15H2. The van der Waals surface area contributed by atoms with Crippen LogP contribution in [-0.4, -0.2) is 24.9 Å². The lowest BCUT2D eigenvalue weighted by Crippen LogP contribution is -2.24. The largest absolute Gasteiger partial charge is 0.450 e. The highest BCUT2D eigenvalue weighted by molar-refractivity contribution is 7.78. The molecule has 2 rings (SSSR count). The number of benzene rings is 2. The van der Waals surface area contributed by atoms with Crippen LogP contribution in [0.5, 0.6) is 0 Å². The van der Waals surface area contributed by atoms with Crippen LogP contribution in [0.15, 0.2) is 60.7 Å². The van der Waals surface area contributed by atoms with Crippen molar-refractivity contribution in [2.45, 2.75) is 12.6 Å². The number of rotatable bonds is 7. The summed E-state index contributed by atoms with van der Waals surface area (Å²) in [4.78, 5) is 11.5. The molecule has 0 fully saturated rings. The fraction of sp³-hybridized carbons (Fsp3) is 0.211. The number of halogens is 1. The maximum Gasteiger partial charge on any atom is 0.341 e. The van der Waals surface area contributed by atoms with Crippen LogP contribution in [0.2, 0.25) is 0 Å². The first-order chi connectivity index (χ1) is 11.6. The molecule has 124 valence electrons. The first kappa shape index (κ1) is 18.0. The van der Waals surface area contributed by atoms with Crippen molar-refractivity contribution in [3.63, 3.8) is 0 Å². The lowest BCUT2D eigenvalue weighted by atomic mass is 10.3. The Kier molecular flexibility index (Phi) is 6.35. The molecule has 24 heavy (non-hydrogen) atoms. The lowest BCUT2D eigenvalue weighted by Gasteiger charge is -2.20. The lowest BCUT2D eigenvalue weighted by molar-refractivity contribution is -0.148. The number of alkyl halides is 1. The minimum Gasteiger partial charge on any atom is -0.450 e. The quantitative estimate of drug-likeness (QED) is 0.441. The van der Waals surface area contributed by atoms with E-state index in [2.05, 4.69) is 10.7 Å². The molecular formula is C19H18FO3P. The van der Waals surface area contributed by atoms with Gasteiger partial charge in [-0.3, -0.25) is 0 Å². The highest BCUT2D eigenvalue weighted by atomic mass is 31.2. The van der Waals surface area contributed by atoms with E-state index in [0.717, 1.165) is 0 Å². The van der Waals surface area contributed by atoms with Gasteiger partial charge in [-0.15, -0.1) is 6.42 Å². The number of ether oxygens (including phenoxy) is 1. The van der Waals surface area contributed by atoms with Crippen LogP contribution in [0.25, 0.3) is 0 Å². The Morgan fingerprint density at radius 1 is 1.08 bits per heavy atom. The average molecular weight is 344 g/mol. The summed E-state index contributed by atoms with van der Waals surface area (Å²) < 4.78 is 32.2. The summed E-state index contributed by atoms with van der Waals surface area (Å²) in [7, 11) is -3.03. The minimum absolute atomic E-state index is 0.0351. The van der Waals surface area contributed by atoms with E-state index >= 15 is 0 Å². The molecule has 0 radical (unpaired) electrons. The van der Waals surface area contributed by atoms with Gasteiger partial charge in [-0.1, -0.05) is 66.6 Å². The first-order valence-electron chi connectivity index (χ1n) is 7.52. The van der Waals surface area contributed by atoms with Gasteiger partial charge in [0.15, 0.2) is 12.8 Å². The smallest absolute Gasteiger partial charge is 0.341 e. The summed E-state index contributed by atoms with van der Waals surface area (Å²) in [6.07, 6.45) is 2.97. The molecule has 3 nitrogen and oxygen atoms in total. The zero-order valence-corrected chi connectivity index (χ0v) is 14.0. The molecule has 0 aliphatic carbocycles. The summed E-state index contributed by atoms with van der Waals surface area (Å²) in [6, 6.07) is 17.9. The van der Waals surface area contributed by atoms with Gasteiger partial charge in [-0.05, 0) is 6.42 Å². The number of carbonyl (C=O) groups is 1. The van der Waals surface area contributed by atoms with Crippen molar-refractivity contribution in [1.29, 1.82) is 0 Å². The molecule has 0 spiro atoms. The molecule has 0 heterocycles. The van der Waals surface area contributed by atoms with Crippen molar-refractivity contribution in [1.82, 2.24) is 0 Å². The normalized spacial score (nSPS) is 12.2. The second-order valence-corrected chi connectivity index (χ2v) is 8.16. The van der Waals surface area contributed by atoms with Crippen molar-refractivity contribution in [2.24, 2.45) is 0 Å². The molecule has 0 saturated carbocycles. The third-order valence-electron chi connectivity index (χ3n) is 3.60. The van der Waals surface area contributed by atoms with E-state index in [-0.39, 0.29) is 19.2 Å².